The van der Waals surface area contributed by atoms with E-state index >= 15 is 0 Å². The summed E-state index contributed by atoms with van der Waals surface area (Å²) in [6.45, 7) is -0.513. The lowest BCUT2D eigenvalue weighted by molar-refractivity contribution is -0.159. The molecule has 4 amide bonds. The second-order valence-electron chi connectivity index (χ2n) is 7.79. The highest BCUT2D eigenvalue weighted by Gasteiger charge is 2.48. The van der Waals surface area contributed by atoms with E-state index in [1.165, 1.54) is 16.8 Å². The lowest BCUT2D eigenvalue weighted by Crippen LogP contribution is -2.68. The number of halogens is 2. The molecule has 0 bridgehead atoms. The Bertz CT molecular complexity index is 1330. The number of carbonyl (C=O) groups is 4. The minimum atomic E-state index is -0.983. The van der Waals surface area contributed by atoms with Crippen LogP contribution in [0.3, 0.4) is 0 Å². The standard InChI is InChI=1S/C22H20ClFN6O4/c23-13-6-3-4-11(18(13)24)9-27-22(34)16-8-15(20(25)32)30(16)17(31)10-29-14-7-2-1-5-12(14)19(28-29)21(26)33/h1-7,15-16H,8-10H2,(H2,25,32)(H2,26,33)(H,27,34)/t15-,16-/m0/s1. The van der Waals surface area contributed by atoms with Crippen molar-refractivity contribution in [1.29, 1.82) is 0 Å². The Hall–Kier alpha value is -3.99. The van der Waals surface area contributed by atoms with Crippen LogP contribution in [-0.2, 0) is 27.5 Å². The van der Waals surface area contributed by atoms with Crippen LogP contribution in [0.15, 0.2) is 42.5 Å². The fourth-order valence-corrected chi connectivity index (χ4v) is 4.17. The Balaban J connectivity index is 1.52. The number of primary amides is 2. The molecule has 34 heavy (non-hydrogen) atoms. The van der Waals surface area contributed by atoms with Gasteiger partial charge in [-0.2, -0.15) is 5.10 Å². The first kappa shape index (κ1) is 23.2. The minimum Gasteiger partial charge on any atom is -0.368 e. The van der Waals surface area contributed by atoms with Gasteiger partial charge in [0, 0.05) is 23.9 Å². The first-order chi connectivity index (χ1) is 16.2. The fourth-order valence-electron chi connectivity index (χ4n) is 3.98. The summed E-state index contributed by atoms with van der Waals surface area (Å²) in [4.78, 5) is 50.5. The molecule has 2 heterocycles. The van der Waals surface area contributed by atoms with Crippen molar-refractivity contribution in [3.05, 3.63) is 64.6 Å². The Morgan fingerprint density at radius 3 is 2.53 bits per heavy atom. The molecule has 10 nitrogen and oxygen atoms in total. The predicted octanol–water partition coefficient (Wildman–Crippen LogP) is 0.699. The number of para-hydroxylation sites is 1. The van der Waals surface area contributed by atoms with E-state index in [2.05, 4.69) is 10.4 Å². The van der Waals surface area contributed by atoms with Crippen molar-refractivity contribution in [2.24, 2.45) is 11.5 Å². The number of aromatic nitrogens is 2. The van der Waals surface area contributed by atoms with Gasteiger partial charge in [0.15, 0.2) is 5.69 Å². The molecule has 12 heteroatoms. The van der Waals surface area contributed by atoms with Gasteiger partial charge >= 0.3 is 0 Å². The normalized spacial score (nSPS) is 17.3. The van der Waals surface area contributed by atoms with Gasteiger partial charge in [-0.1, -0.05) is 41.9 Å². The molecule has 0 saturated carbocycles. The van der Waals surface area contributed by atoms with Crippen molar-refractivity contribution in [3.8, 4) is 0 Å². The van der Waals surface area contributed by atoms with Crippen molar-refractivity contribution < 1.29 is 23.6 Å². The molecule has 0 radical (unpaired) electrons. The second kappa shape index (κ2) is 9.10. The molecule has 0 aliphatic carbocycles. The number of benzene rings is 2. The van der Waals surface area contributed by atoms with Crippen molar-refractivity contribution in [2.45, 2.75) is 31.6 Å². The van der Waals surface area contributed by atoms with E-state index in [0.29, 0.717) is 10.9 Å². The van der Waals surface area contributed by atoms with Crippen LogP contribution < -0.4 is 16.8 Å². The highest BCUT2D eigenvalue weighted by Crippen LogP contribution is 2.28. The average Bonchev–Trinajstić information content (AvgIpc) is 3.12. The topological polar surface area (TPSA) is 153 Å². The van der Waals surface area contributed by atoms with Crippen LogP contribution in [0.25, 0.3) is 10.9 Å². The quantitative estimate of drug-likeness (QED) is 0.448. The zero-order chi connectivity index (χ0) is 24.6. The van der Waals surface area contributed by atoms with Crippen LogP contribution in [0.5, 0.6) is 0 Å². The summed E-state index contributed by atoms with van der Waals surface area (Å²) in [6, 6.07) is 9.14. The SMILES string of the molecule is NC(=O)c1nn(CC(=O)N2[C@H](C(N)=O)C[C@H]2C(=O)NCc2cccc(Cl)c2F)c2ccccc12. The minimum absolute atomic E-state index is 0.00342. The monoisotopic (exact) mass is 486 g/mol. The Morgan fingerprint density at radius 2 is 1.82 bits per heavy atom. The number of amides is 4. The third kappa shape index (κ3) is 4.17. The van der Waals surface area contributed by atoms with Gasteiger partial charge in [0.25, 0.3) is 5.91 Å². The van der Waals surface area contributed by atoms with Gasteiger partial charge in [0.2, 0.25) is 17.7 Å². The number of likely N-dealkylation sites (tertiary alicyclic amines) is 1. The molecular formula is C22H20ClFN6O4. The number of nitrogens with zero attached hydrogens (tertiary/aromatic N) is 3. The summed E-state index contributed by atoms with van der Waals surface area (Å²) in [5.74, 6) is -3.35. The van der Waals surface area contributed by atoms with Crippen LogP contribution in [0, 0.1) is 5.82 Å². The second-order valence-corrected chi connectivity index (χ2v) is 8.20. The average molecular weight is 487 g/mol. The van der Waals surface area contributed by atoms with Gasteiger partial charge in [-0.05, 0) is 12.1 Å². The number of nitrogens with two attached hydrogens (primary N) is 2. The number of rotatable bonds is 7. The molecule has 1 aromatic heterocycles. The van der Waals surface area contributed by atoms with Crippen molar-refractivity contribution in [1.82, 2.24) is 20.0 Å². The molecule has 1 fully saturated rings. The Labute approximate surface area is 197 Å². The predicted molar refractivity (Wildman–Crippen MR) is 120 cm³/mol. The number of fused-ring (bicyclic) bond motifs is 1. The van der Waals surface area contributed by atoms with Gasteiger partial charge in [0.05, 0.1) is 10.5 Å². The maximum atomic E-state index is 14.1. The van der Waals surface area contributed by atoms with E-state index in [1.54, 1.807) is 30.3 Å². The first-order valence-corrected chi connectivity index (χ1v) is 10.6. The van der Waals surface area contributed by atoms with Gasteiger partial charge in [-0.3, -0.25) is 23.9 Å². The summed E-state index contributed by atoms with van der Waals surface area (Å²) >= 11 is 5.76. The molecule has 0 spiro atoms. The highest BCUT2D eigenvalue weighted by molar-refractivity contribution is 6.30. The Morgan fingerprint density at radius 1 is 1.09 bits per heavy atom. The number of hydrogen-bond donors (Lipinski definition) is 3. The van der Waals surface area contributed by atoms with E-state index in [4.69, 9.17) is 23.1 Å². The third-order valence-corrected chi connectivity index (χ3v) is 5.99. The summed E-state index contributed by atoms with van der Waals surface area (Å²) in [5, 5.41) is 7.07. The first-order valence-electron chi connectivity index (χ1n) is 10.3. The molecule has 5 N–H and O–H groups in total. The largest absolute Gasteiger partial charge is 0.368 e. The summed E-state index contributed by atoms with van der Waals surface area (Å²) in [7, 11) is 0. The molecule has 0 unspecified atom stereocenters. The molecule has 2 aromatic carbocycles. The zero-order valence-electron chi connectivity index (χ0n) is 17.7. The van der Waals surface area contributed by atoms with E-state index in [0.717, 1.165) is 4.90 Å². The van der Waals surface area contributed by atoms with E-state index in [1.807, 2.05) is 0 Å². The van der Waals surface area contributed by atoms with E-state index < -0.39 is 41.5 Å². The summed E-state index contributed by atoms with van der Waals surface area (Å²) in [6.07, 6.45) is 0.0251. The van der Waals surface area contributed by atoms with Crippen molar-refractivity contribution in [2.75, 3.05) is 0 Å². The van der Waals surface area contributed by atoms with Gasteiger partial charge in [-0.15, -0.1) is 0 Å². The third-order valence-electron chi connectivity index (χ3n) is 5.70. The molecule has 1 saturated heterocycles. The summed E-state index contributed by atoms with van der Waals surface area (Å²) < 4.78 is 15.4. The van der Waals surface area contributed by atoms with E-state index in [-0.39, 0.29) is 35.8 Å². The lowest BCUT2D eigenvalue weighted by atomic mass is 9.91. The number of hydrogen-bond acceptors (Lipinski definition) is 5. The zero-order valence-corrected chi connectivity index (χ0v) is 18.5. The molecular weight excluding hydrogens is 467 g/mol. The van der Waals surface area contributed by atoms with Crippen LogP contribution in [-0.4, -0.2) is 50.4 Å². The van der Waals surface area contributed by atoms with Gasteiger partial charge in [-0.25, -0.2) is 4.39 Å². The molecule has 3 aromatic rings. The molecule has 2 atom stereocenters. The van der Waals surface area contributed by atoms with Crippen LogP contribution in [0.1, 0.15) is 22.5 Å². The maximum absolute atomic E-state index is 14.1. The number of carbonyl (C=O) groups excluding carboxylic acids is 4. The lowest BCUT2D eigenvalue weighted by Gasteiger charge is -2.45. The molecule has 1 aliphatic heterocycles. The van der Waals surface area contributed by atoms with Crippen LogP contribution in [0.2, 0.25) is 5.02 Å². The molecule has 1 aliphatic rings. The van der Waals surface area contributed by atoms with Crippen LogP contribution >= 0.6 is 11.6 Å². The number of nitrogens with one attached hydrogen (secondary N) is 1. The summed E-state index contributed by atoms with van der Waals surface area (Å²) in [5.41, 5.74) is 11.4. The van der Waals surface area contributed by atoms with Crippen molar-refractivity contribution in [3.63, 3.8) is 0 Å². The van der Waals surface area contributed by atoms with E-state index in [9.17, 15) is 23.6 Å². The molecule has 176 valence electrons. The van der Waals surface area contributed by atoms with Gasteiger partial charge < -0.3 is 21.7 Å². The van der Waals surface area contributed by atoms with Gasteiger partial charge in [0.1, 0.15) is 24.4 Å². The maximum Gasteiger partial charge on any atom is 0.269 e. The Kier molecular flexibility index (Phi) is 6.20. The fraction of sp³-hybridized carbons (Fsp3) is 0.227. The van der Waals surface area contributed by atoms with Crippen LogP contribution in [0.4, 0.5) is 4.39 Å². The highest BCUT2D eigenvalue weighted by atomic mass is 35.5. The molecule has 4 rings (SSSR count). The van der Waals surface area contributed by atoms with Crippen molar-refractivity contribution >= 4 is 46.1 Å². The smallest absolute Gasteiger partial charge is 0.269 e.